The minimum absolute atomic E-state index is 0.141. The van der Waals surface area contributed by atoms with Crippen LogP contribution in [0.4, 0.5) is 0 Å². The number of hydrogen-bond donors (Lipinski definition) is 2. The molecule has 2 rings (SSSR count). The Bertz CT molecular complexity index is 559. The van der Waals surface area contributed by atoms with Crippen LogP contribution < -0.4 is 10.6 Å². The number of halogens is 1. The lowest BCUT2D eigenvalue weighted by molar-refractivity contribution is -0.123. The second-order valence-electron chi connectivity index (χ2n) is 5.53. The largest absolute Gasteiger partial charge is 0.352 e. The van der Waals surface area contributed by atoms with E-state index in [0.29, 0.717) is 10.6 Å². The van der Waals surface area contributed by atoms with E-state index in [-0.39, 0.29) is 17.9 Å². The number of rotatable bonds is 5. The molecule has 120 valence electrons. The molecule has 1 aliphatic carbocycles. The van der Waals surface area contributed by atoms with Gasteiger partial charge < -0.3 is 10.6 Å². The predicted octanol–water partition coefficient (Wildman–Crippen LogP) is 3.24. The number of carbonyl (C=O) groups excluding carboxylic acids is 2. The van der Waals surface area contributed by atoms with Crippen LogP contribution in [0.25, 0.3) is 0 Å². The SMILES string of the molecule is CSc1ccc(Cl)c(C(=O)N[C@H](C)C(=O)NC2CCCC2)c1. The third-order valence-electron chi connectivity index (χ3n) is 3.86. The molecule has 0 heterocycles. The van der Waals surface area contributed by atoms with Gasteiger partial charge in [-0.25, -0.2) is 0 Å². The first-order valence-electron chi connectivity index (χ1n) is 7.46. The zero-order chi connectivity index (χ0) is 16.1. The van der Waals surface area contributed by atoms with Crippen LogP contribution in [0.3, 0.4) is 0 Å². The minimum Gasteiger partial charge on any atom is -0.352 e. The molecule has 1 aromatic rings. The number of benzene rings is 1. The van der Waals surface area contributed by atoms with Gasteiger partial charge in [0.1, 0.15) is 6.04 Å². The van der Waals surface area contributed by atoms with Crippen molar-refractivity contribution in [2.24, 2.45) is 0 Å². The molecule has 0 radical (unpaired) electrons. The van der Waals surface area contributed by atoms with Crippen LogP contribution in [0.5, 0.6) is 0 Å². The third-order valence-corrected chi connectivity index (χ3v) is 4.92. The number of nitrogens with one attached hydrogen (secondary N) is 2. The summed E-state index contributed by atoms with van der Waals surface area (Å²) in [7, 11) is 0. The molecule has 4 nitrogen and oxygen atoms in total. The van der Waals surface area contributed by atoms with Gasteiger partial charge in [-0.05, 0) is 44.2 Å². The maximum absolute atomic E-state index is 12.3. The molecule has 22 heavy (non-hydrogen) atoms. The highest BCUT2D eigenvalue weighted by Gasteiger charge is 2.22. The number of thioether (sulfide) groups is 1. The van der Waals surface area contributed by atoms with Gasteiger partial charge in [0, 0.05) is 10.9 Å². The molecule has 6 heteroatoms. The van der Waals surface area contributed by atoms with E-state index in [1.807, 2.05) is 12.3 Å². The molecular formula is C16H21ClN2O2S. The minimum atomic E-state index is -0.581. The summed E-state index contributed by atoms with van der Waals surface area (Å²) in [5.41, 5.74) is 0.397. The zero-order valence-corrected chi connectivity index (χ0v) is 14.4. The van der Waals surface area contributed by atoms with Crippen LogP contribution in [0.15, 0.2) is 23.1 Å². The third kappa shape index (κ3) is 4.40. The second-order valence-corrected chi connectivity index (χ2v) is 6.82. The fourth-order valence-electron chi connectivity index (χ4n) is 2.54. The highest BCUT2D eigenvalue weighted by molar-refractivity contribution is 7.98. The molecule has 0 saturated heterocycles. The van der Waals surface area contributed by atoms with Crippen LogP contribution in [0.2, 0.25) is 5.02 Å². The van der Waals surface area contributed by atoms with Gasteiger partial charge in [-0.15, -0.1) is 11.8 Å². The average Bonchev–Trinajstić information content (AvgIpc) is 3.00. The monoisotopic (exact) mass is 340 g/mol. The first kappa shape index (κ1) is 17.2. The van der Waals surface area contributed by atoms with Gasteiger partial charge in [0.15, 0.2) is 0 Å². The quantitative estimate of drug-likeness (QED) is 0.809. The van der Waals surface area contributed by atoms with E-state index in [9.17, 15) is 9.59 Å². The molecular weight excluding hydrogens is 320 g/mol. The molecule has 1 saturated carbocycles. The van der Waals surface area contributed by atoms with Gasteiger partial charge in [0.25, 0.3) is 5.91 Å². The smallest absolute Gasteiger partial charge is 0.253 e. The lowest BCUT2D eigenvalue weighted by Gasteiger charge is -2.18. The Morgan fingerprint density at radius 2 is 2.00 bits per heavy atom. The lowest BCUT2D eigenvalue weighted by atomic mass is 10.2. The Hall–Kier alpha value is -1.20. The van der Waals surface area contributed by atoms with Gasteiger partial charge in [0.05, 0.1) is 10.6 Å². The summed E-state index contributed by atoms with van der Waals surface area (Å²) in [5.74, 6) is -0.465. The summed E-state index contributed by atoms with van der Waals surface area (Å²) < 4.78 is 0. The van der Waals surface area contributed by atoms with E-state index < -0.39 is 6.04 Å². The zero-order valence-electron chi connectivity index (χ0n) is 12.8. The van der Waals surface area contributed by atoms with Crippen molar-refractivity contribution in [2.75, 3.05) is 6.26 Å². The topological polar surface area (TPSA) is 58.2 Å². The maximum atomic E-state index is 12.3. The van der Waals surface area contributed by atoms with Gasteiger partial charge in [0.2, 0.25) is 5.91 Å². The molecule has 1 atom stereocenters. The van der Waals surface area contributed by atoms with E-state index in [4.69, 9.17) is 11.6 Å². The van der Waals surface area contributed by atoms with E-state index in [1.165, 1.54) is 11.8 Å². The van der Waals surface area contributed by atoms with Crippen LogP contribution in [0, 0.1) is 0 Å². The van der Waals surface area contributed by atoms with Crippen molar-refractivity contribution in [3.63, 3.8) is 0 Å². The highest BCUT2D eigenvalue weighted by atomic mass is 35.5. The highest BCUT2D eigenvalue weighted by Crippen LogP contribution is 2.23. The Balaban J connectivity index is 1.96. The van der Waals surface area contributed by atoms with Crippen LogP contribution >= 0.6 is 23.4 Å². The van der Waals surface area contributed by atoms with Gasteiger partial charge >= 0.3 is 0 Å². The molecule has 0 unspecified atom stereocenters. The van der Waals surface area contributed by atoms with Crippen LogP contribution in [-0.2, 0) is 4.79 Å². The normalized spacial score (nSPS) is 16.3. The fraction of sp³-hybridized carbons (Fsp3) is 0.500. The van der Waals surface area contributed by atoms with E-state index in [1.54, 1.807) is 19.1 Å². The maximum Gasteiger partial charge on any atom is 0.253 e. The molecule has 2 N–H and O–H groups in total. The van der Waals surface area contributed by atoms with Crippen LogP contribution in [-0.4, -0.2) is 30.2 Å². The van der Waals surface area contributed by atoms with Crippen molar-refractivity contribution >= 4 is 35.2 Å². The van der Waals surface area contributed by atoms with E-state index in [0.717, 1.165) is 30.6 Å². The Morgan fingerprint density at radius 3 is 2.64 bits per heavy atom. The Kier molecular flexibility index (Phi) is 6.15. The van der Waals surface area contributed by atoms with Gasteiger partial charge in [-0.2, -0.15) is 0 Å². The predicted molar refractivity (Wildman–Crippen MR) is 90.6 cm³/mol. The molecule has 1 aliphatic rings. The molecule has 0 aromatic heterocycles. The summed E-state index contributed by atoms with van der Waals surface area (Å²) in [4.78, 5) is 25.4. The average molecular weight is 341 g/mol. The summed E-state index contributed by atoms with van der Waals surface area (Å²) in [5, 5.41) is 6.09. The fourth-order valence-corrected chi connectivity index (χ4v) is 3.18. The van der Waals surface area contributed by atoms with Crippen molar-refractivity contribution in [1.82, 2.24) is 10.6 Å². The van der Waals surface area contributed by atoms with Gasteiger partial charge in [-0.3, -0.25) is 9.59 Å². The standard InChI is InChI=1S/C16H21ClN2O2S/c1-10(15(20)19-11-5-3-4-6-11)18-16(21)13-9-12(22-2)7-8-14(13)17/h7-11H,3-6H2,1-2H3,(H,18,21)(H,19,20)/t10-/m1/s1. The van der Waals surface area contributed by atoms with Crippen molar-refractivity contribution in [2.45, 2.75) is 49.6 Å². The molecule has 0 spiro atoms. The number of hydrogen-bond acceptors (Lipinski definition) is 3. The van der Waals surface area contributed by atoms with Gasteiger partial charge in [-0.1, -0.05) is 24.4 Å². The first-order valence-corrected chi connectivity index (χ1v) is 9.06. The Morgan fingerprint density at radius 1 is 1.32 bits per heavy atom. The van der Waals surface area contributed by atoms with E-state index >= 15 is 0 Å². The van der Waals surface area contributed by atoms with Crippen molar-refractivity contribution < 1.29 is 9.59 Å². The first-order chi connectivity index (χ1) is 10.5. The van der Waals surface area contributed by atoms with Crippen molar-refractivity contribution in [3.8, 4) is 0 Å². The van der Waals surface area contributed by atoms with Crippen molar-refractivity contribution in [3.05, 3.63) is 28.8 Å². The van der Waals surface area contributed by atoms with Crippen molar-refractivity contribution in [1.29, 1.82) is 0 Å². The summed E-state index contributed by atoms with van der Waals surface area (Å²) in [6, 6.07) is 4.97. The Labute approximate surface area is 140 Å². The molecule has 2 amide bonds. The lowest BCUT2D eigenvalue weighted by Crippen LogP contribution is -2.47. The summed E-state index contributed by atoms with van der Waals surface area (Å²) >= 11 is 7.62. The molecule has 0 aliphatic heterocycles. The number of carbonyl (C=O) groups is 2. The molecule has 1 fully saturated rings. The number of amides is 2. The molecule has 1 aromatic carbocycles. The van der Waals surface area contributed by atoms with Crippen LogP contribution in [0.1, 0.15) is 43.0 Å². The van der Waals surface area contributed by atoms with E-state index in [2.05, 4.69) is 10.6 Å². The summed E-state index contributed by atoms with van der Waals surface area (Å²) in [6.07, 6.45) is 6.29. The second kappa shape index (κ2) is 7.88. The summed E-state index contributed by atoms with van der Waals surface area (Å²) in [6.45, 7) is 1.69. The molecule has 0 bridgehead atoms.